The highest BCUT2D eigenvalue weighted by atomic mass is 35.5. The molecule has 0 fully saturated rings. The molecule has 1 rings (SSSR count). The van der Waals surface area contributed by atoms with Crippen LogP contribution in [0.15, 0.2) is 12.3 Å². The van der Waals surface area contributed by atoms with Gasteiger partial charge in [0.05, 0.1) is 18.2 Å². The Morgan fingerprint density at radius 2 is 1.84 bits per heavy atom. The molecule has 0 N–H and O–H groups in total. The number of carbonyl (C=O) groups excluding carboxylic acids is 2. The Morgan fingerprint density at radius 3 is 2.26 bits per heavy atom. The van der Waals surface area contributed by atoms with Crippen LogP contribution in [0, 0.1) is 5.82 Å². The van der Waals surface area contributed by atoms with Gasteiger partial charge in [-0.1, -0.05) is 11.6 Å². The number of carbonyl (C=O) groups is 2. The fourth-order valence-electron chi connectivity index (χ4n) is 1.41. The van der Waals surface area contributed by atoms with E-state index < -0.39 is 23.7 Å². The fourth-order valence-corrected chi connectivity index (χ4v) is 1.55. The first-order chi connectivity index (χ1) is 9.01. The van der Waals surface area contributed by atoms with E-state index in [1.54, 1.807) is 13.8 Å². The third-order valence-corrected chi connectivity index (χ3v) is 2.36. The lowest BCUT2D eigenvalue weighted by atomic mass is 10.0. The van der Waals surface area contributed by atoms with Crippen LogP contribution in [0.1, 0.15) is 25.5 Å². The molecule has 0 atom stereocenters. The Kier molecular flexibility index (Phi) is 5.69. The Hall–Kier alpha value is -1.69. The molecule has 0 bridgehead atoms. The fraction of sp³-hybridized carbons (Fsp3) is 0.417. The van der Waals surface area contributed by atoms with Crippen LogP contribution in [0.2, 0.25) is 5.02 Å². The zero-order valence-corrected chi connectivity index (χ0v) is 11.2. The minimum absolute atomic E-state index is 0.0595. The summed E-state index contributed by atoms with van der Waals surface area (Å²) < 4.78 is 23.2. The maximum Gasteiger partial charge on any atom is 0.326 e. The van der Waals surface area contributed by atoms with Crippen LogP contribution in [0.3, 0.4) is 0 Å². The average Bonchev–Trinajstić information content (AvgIpc) is 2.33. The summed E-state index contributed by atoms with van der Waals surface area (Å²) in [5, 5.41) is 0.0627. The first kappa shape index (κ1) is 15.4. The number of nitrogens with zero attached hydrogens (tertiary/aromatic N) is 1. The molecule has 7 heteroatoms. The molecule has 0 aromatic carbocycles. The molecule has 0 saturated carbocycles. The summed E-state index contributed by atoms with van der Waals surface area (Å²) in [5.74, 6) is -4.22. The first-order valence-electron chi connectivity index (χ1n) is 5.65. The smallest absolute Gasteiger partial charge is 0.326 e. The summed E-state index contributed by atoms with van der Waals surface area (Å²) in [6.07, 6.45) is 1.14. The van der Waals surface area contributed by atoms with Crippen molar-refractivity contribution in [3.05, 3.63) is 28.8 Å². The lowest BCUT2D eigenvalue weighted by Gasteiger charge is -2.14. The predicted octanol–water partition coefficient (Wildman–Crippen LogP) is 2.08. The van der Waals surface area contributed by atoms with Crippen LogP contribution in [0.4, 0.5) is 4.39 Å². The molecule has 1 heterocycles. The van der Waals surface area contributed by atoms with E-state index >= 15 is 0 Å². The molecule has 0 aliphatic heterocycles. The summed E-state index contributed by atoms with van der Waals surface area (Å²) in [7, 11) is 0. The van der Waals surface area contributed by atoms with E-state index in [-0.39, 0.29) is 23.9 Å². The Bertz CT molecular complexity index is 463. The number of aromatic nitrogens is 1. The number of hydrogen-bond acceptors (Lipinski definition) is 5. The molecule has 1 aromatic heterocycles. The van der Waals surface area contributed by atoms with Crippen molar-refractivity contribution in [2.75, 3.05) is 13.2 Å². The third kappa shape index (κ3) is 3.89. The van der Waals surface area contributed by atoms with Crippen molar-refractivity contribution in [2.45, 2.75) is 19.8 Å². The van der Waals surface area contributed by atoms with Crippen LogP contribution in [-0.4, -0.2) is 30.1 Å². The Morgan fingerprint density at radius 1 is 1.32 bits per heavy atom. The van der Waals surface area contributed by atoms with Gasteiger partial charge in [0.25, 0.3) is 0 Å². The molecule has 19 heavy (non-hydrogen) atoms. The summed E-state index contributed by atoms with van der Waals surface area (Å²) >= 11 is 5.57. The van der Waals surface area contributed by atoms with E-state index in [4.69, 9.17) is 21.1 Å². The number of ether oxygens (including phenoxy) is 2. The normalized spacial score (nSPS) is 10.4. The van der Waals surface area contributed by atoms with Crippen LogP contribution in [-0.2, 0) is 19.1 Å². The third-order valence-electron chi connectivity index (χ3n) is 2.15. The van der Waals surface area contributed by atoms with Gasteiger partial charge in [0, 0.05) is 6.20 Å². The Labute approximate surface area is 114 Å². The molecule has 0 aliphatic carbocycles. The van der Waals surface area contributed by atoms with Crippen molar-refractivity contribution in [3.8, 4) is 0 Å². The first-order valence-corrected chi connectivity index (χ1v) is 6.03. The average molecular weight is 290 g/mol. The molecule has 0 spiro atoms. The maximum absolute atomic E-state index is 13.7. The van der Waals surface area contributed by atoms with E-state index in [2.05, 4.69) is 4.98 Å². The molecule has 1 aromatic rings. The van der Waals surface area contributed by atoms with Gasteiger partial charge < -0.3 is 9.47 Å². The topological polar surface area (TPSA) is 65.5 Å². The van der Waals surface area contributed by atoms with Gasteiger partial charge in [0.15, 0.2) is 5.92 Å². The van der Waals surface area contributed by atoms with Gasteiger partial charge in [-0.25, -0.2) is 4.39 Å². The van der Waals surface area contributed by atoms with Gasteiger partial charge in [-0.3, -0.25) is 14.6 Å². The second-order valence-corrected chi connectivity index (χ2v) is 3.89. The van der Waals surface area contributed by atoms with Crippen molar-refractivity contribution < 1.29 is 23.5 Å². The number of rotatable bonds is 5. The zero-order valence-electron chi connectivity index (χ0n) is 10.5. The second kappa shape index (κ2) is 7.04. The van der Waals surface area contributed by atoms with Gasteiger partial charge in [-0.15, -0.1) is 0 Å². The minimum Gasteiger partial charge on any atom is -0.465 e. The van der Waals surface area contributed by atoms with E-state index in [0.29, 0.717) is 0 Å². The molecule has 5 nitrogen and oxygen atoms in total. The molecular weight excluding hydrogens is 277 g/mol. The molecule has 104 valence electrons. The molecule has 0 amide bonds. The largest absolute Gasteiger partial charge is 0.465 e. The van der Waals surface area contributed by atoms with E-state index in [1.807, 2.05) is 0 Å². The molecule has 0 aliphatic rings. The zero-order chi connectivity index (χ0) is 14.4. The number of halogens is 2. The van der Waals surface area contributed by atoms with E-state index in [1.165, 1.54) is 0 Å². The van der Waals surface area contributed by atoms with Crippen molar-refractivity contribution >= 4 is 23.5 Å². The van der Waals surface area contributed by atoms with Gasteiger partial charge in [-0.2, -0.15) is 0 Å². The number of hydrogen-bond donors (Lipinski definition) is 0. The molecular formula is C12H13ClFNO4. The monoisotopic (exact) mass is 289 g/mol. The molecule has 0 saturated heterocycles. The maximum atomic E-state index is 13.7. The highest BCUT2D eigenvalue weighted by Gasteiger charge is 2.35. The van der Waals surface area contributed by atoms with Gasteiger partial charge in [-0.05, 0) is 19.9 Å². The van der Waals surface area contributed by atoms with Gasteiger partial charge in [0.2, 0.25) is 0 Å². The summed E-state index contributed by atoms with van der Waals surface area (Å²) in [4.78, 5) is 27.1. The summed E-state index contributed by atoms with van der Waals surface area (Å²) in [6, 6.07) is 0.968. The quantitative estimate of drug-likeness (QED) is 0.613. The van der Waals surface area contributed by atoms with Crippen LogP contribution in [0.25, 0.3) is 0 Å². The standard InChI is InChI=1S/C12H13ClFNO4/c1-3-18-11(16)9(12(17)19-4-2)10-8(14)5-7(13)6-15-10/h5-6,9H,3-4H2,1-2H3. The van der Waals surface area contributed by atoms with Crippen LogP contribution in [0.5, 0.6) is 0 Å². The highest BCUT2D eigenvalue weighted by Crippen LogP contribution is 2.22. The summed E-state index contributed by atoms with van der Waals surface area (Å²) in [5.41, 5.74) is -0.360. The van der Waals surface area contributed by atoms with E-state index in [0.717, 1.165) is 12.3 Å². The highest BCUT2D eigenvalue weighted by molar-refractivity contribution is 6.30. The number of pyridine rings is 1. The van der Waals surface area contributed by atoms with Crippen LogP contribution >= 0.6 is 11.6 Å². The van der Waals surface area contributed by atoms with Crippen molar-refractivity contribution in [1.82, 2.24) is 4.98 Å². The van der Waals surface area contributed by atoms with E-state index in [9.17, 15) is 14.0 Å². The SMILES string of the molecule is CCOC(=O)C(C(=O)OCC)c1ncc(Cl)cc1F. The van der Waals surface area contributed by atoms with Crippen LogP contribution < -0.4 is 0 Å². The van der Waals surface area contributed by atoms with Gasteiger partial charge in [0.1, 0.15) is 11.5 Å². The second-order valence-electron chi connectivity index (χ2n) is 3.46. The van der Waals surface area contributed by atoms with Crippen molar-refractivity contribution in [2.24, 2.45) is 0 Å². The number of esters is 2. The van der Waals surface area contributed by atoms with Crippen molar-refractivity contribution in [1.29, 1.82) is 0 Å². The minimum atomic E-state index is -1.54. The van der Waals surface area contributed by atoms with Crippen molar-refractivity contribution in [3.63, 3.8) is 0 Å². The summed E-state index contributed by atoms with van der Waals surface area (Å²) in [6.45, 7) is 3.27. The lowest BCUT2D eigenvalue weighted by Crippen LogP contribution is -2.28. The molecule has 0 unspecified atom stereocenters. The lowest BCUT2D eigenvalue weighted by molar-refractivity contribution is -0.157. The Balaban J connectivity index is 3.14. The van der Waals surface area contributed by atoms with Gasteiger partial charge >= 0.3 is 11.9 Å². The molecule has 0 radical (unpaired) electrons. The predicted molar refractivity (Wildman–Crippen MR) is 65.2 cm³/mol.